The second-order valence-corrected chi connectivity index (χ2v) is 9.68. The van der Waals surface area contributed by atoms with Gasteiger partial charge in [-0.05, 0) is 77.2 Å². The summed E-state index contributed by atoms with van der Waals surface area (Å²) in [6.07, 6.45) is 3.78. The molecule has 0 aromatic heterocycles. The molecule has 2 aliphatic carbocycles. The minimum atomic E-state index is -3.20. The van der Waals surface area contributed by atoms with Crippen LogP contribution >= 0.6 is 0 Å². The van der Waals surface area contributed by atoms with Gasteiger partial charge in [-0.15, -0.1) is 0 Å². The number of alkyl halides is 2. The van der Waals surface area contributed by atoms with Gasteiger partial charge in [-0.25, -0.2) is 13.6 Å². The number of piperidine rings is 1. The van der Waals surface area contributed by atoms with Crippen molar-refractivity contribution in [3.8, 4) is 0 Å². The molecule has 0 N–H and O–H groups in total. The average Bonchev–Trinajstić information content (AvgIpc) is 3.38. The van der Waals surface area contributed by atoms with Crippen molar-refractivity contribution in [2.75, 3.05) is 13.1 Å². The second-order valence-electron chi connectivity index (χ2n) is 9.68. The Morgan fingerprint density at radius 1 is 1.30 bits per heavy atom. The van der Waals surface area contributed by atoms with Crippen LogP contribution in [0.1, 0.15) is 53.9 Å². The van der Waals surface area contributed by atoms with E-state index < -0.39 is 46.6 Å². The smallest absolute Gasteiger partial charge is 0.410 e. The fourth-order valence-electron chi connectivity index (χ4n) is 4.11. The van der Waals surface area contributed by atoms with Crippen LogP contribution in [0.25, 0.3) is 0 Å². The summed E-state index contributed by atoms with van der Waals surface area (Å²) in [6.45, 7) is 7.63. The summed E-state index contributed by atoms with van der Waals surface area (Å²) in [5, 5.41) is 11.6. The number of rotatable bonds is 4. The lowest BCUT2D eigenvalue weighted by atomic mass is 9.75. The Hall–Kier alpha value is -2.03. The summed E-state index contributed by atoms with van der Waals surface area (Å²) in [6, 6.07) is -1.13. The van der Waals surface area contributed by atoms with Crippen LogP contribution in [0.2, 0.25) is 0 Å². The average molecular weight is 428 g/mol. The van der Waals surface area contributed by atoms with E-state index in [2.05, 4.69) is 0 Å². The van der Waals surface area contributed by atoms with Crippen LogP contribution in [0.5, 0.6) is 0 Å². The van der Waals surface area contributed by atoms with Crippen molar-refractivity contribution < 1.29 is 28.0 Å². The molecule has 0 aromatic carbocycles. The number of allylic oxidation sites excluding steroid dienone is 2. The predicted octanol–water partition coefficient (Wildman–Crippen LogP) is 4.35. The molecule has 1 amide bonds. The van der Waals surface area contributed by atoms with Crippen LogP contribution in [0.3, 0.4) is 0 Å². The number of nitrogens with zero attached hydrogens (tertiary/aromatic N) is 2. The number of halogens is 2. The Balaban J connectivity index is 1.84. The maximum absolute atomic E-state index is 15.2. The van der Waals surface area contributed by atoms with Crippen molar-refractivity contribution in [1.29, 1.82) is 0 Å². The van der Waals surface area contributed by atoms with Crippen LogP contribution in [0.4, 0.5) is 13.6 Å². The van der Waals surface area contributed by atoms with Gasteiger partial charge >= 0.3 is 6.09 Å². The molecule has 7 nitrogen and oxygen atoms in total. The van der Waals surface area contributed by atoms with Crippen molar-refractivity contribution in [2.45, 2.75) is 83.2 Å². The van der Waals surface area contributed by atoms with Crippen LogP contribution in [-0.2, 0) is 9.47 Å². The van der Waals surface area contributed by atoms with Gasteiger partial charge in [-0.1, -0.05) is 0 Å². The third-order valence-corrected chi connectivity index (χ3v) is 5.69. The fourth-order valence-corrected chi connectivity index (χ4v) is 4.11. The molecule has 0 radical (unpaired) electrons. The predicted molar refractivity (Wildman–Crippen MR) is 106 cm³/mol. The zero-order valence-electron chi connectivity index (χ0n) is 18.1. The highest BCUT2D eigenvalue weighted by atomic mass is 19.3. The highest BCUT2D eigenvalue weighted by Gasteiger charge is 2.53. The first-order valence-electron chi connectivity index (χ1n) is 10.3. The van der Waals surface area contributed by atoms with Gasteiger partial charge in [0.2, 0.25) is 0 Å². The minimum absolute atomic E-state index is 0.0336. The lowest BCUT2D eigenvalue weighted by molar-refractivity contribution is -0.529. The number of amides is 1. The van der Waals surface area contributed by atoms with Crippen LogP contribution in [-0.4, -0.2) is 58.3 Å². The van der Waals surface area contributed by atoms with Gasteiger partial charge in [-0.2, -0.15) is 0 Å². The lowest BCUT2D eigenvalue weighted by Crippen LogP contribution is -2.53. The Kier molecular flexibility index (Phi) is 5.73. The van der Waals surface area contributed by atoms with E-state index in [1.807, 2.05) is 0 Å². The Morgan fingerprint density at radius 3 is 2.43 bits per heavy atom. The van der Waals surface area contributed by atoms with Crippen LogP contribution in [0, 0.1) is 16.0 Å². The van der Waals surface area contributed by atoms with Gasteiger partial charge in [0.05, 0.1) is 18.6 Å². The first-order chi connectivity index (χ1) is 13.7. The van der Waals surface area contributed by atoms with Crippen LogP contribution in [0.15, 0.2) is 23.3 Å². The van der Waals surface area contributed by atoms with E-state index in [0.717, 1.165) is 17.7 Å². The van der Waals surface area contributed by atoms with Gasteiger partial charge in [-0.3, -0.25) is 10.1 Å². The van der Waals surface area contributed by atoms with Crippen molar-refractivity contribution in [3.05, 3.63) is 33.4 Å². The number of likely N-dealkylation sites (tertiary alicyclic amines) is 1. The van der Waals surface area contributed by atoms with Crippen LogP contribution < -0.4 is 0 Å². The van der Waals surface area contributed by atoms with E-state index in [4.69, 9.17) is 9.47 Å². The van der Waals surface area contributed by atoms with E-state index in [0.29, 0.717) is 11.1 Å². The topological polar surface area (TPSA) is 81.9 Å². The fraction of sp³-hybridized carbons (Fsp3) is 0.762. The molecule has 3 aliphatic rings. The summed E-state index contributed by atoms with van der Waals surface area (Å²) in [5.41, 5.74) is -1.22. The maximum atomic E-state index is 15.2. The second kappa shape index (κ2) is 7.59. The molecule has 3 atom stereocenters. The first kappa shape index (κ1) is 22.7. The number of nitro groups is 1. The number of carbonyl (C=O) groups is 1. The molecular weight excluding hydrogens is 398 g/mol. The van der Waals surface area contributed by atoms with Crippen molar-refractivity contribution in [3.63, 3.8) is 0 Å². The molecule has 1 saturated heterocycles. The Morgan fingerprint density at radius 2 is 1.93 bits per heavy atom. The van der Waals surface area contributed by atoms with Crippen molar-refractivity contribution in [1.82, 2.24) is 4.90 Å². The molecular formula is C21H30F2N2O5. The summed E-state index contributed by atoms with van der Waals surface area (Å²) in [5.74, 6) is -4.35. The molecule has 1 heterocycles. The van der Waals surface area contributed by atoms with Gasteiger partial charge in [0, 0.05) is 11.5 Å². The van der Waals surface area contributed by atoms with Gasteiger partial charge in [0.25, 0.3) is 12.0 Å². The van der Waals surface area contributed by atoms with Crippen molar-refractivity contribution >= 4 is 6.09 Å². The minimum Gasteiger partial charge on any atom is -0.444 e. The summed E-state index contributed by atoms with van der Waals surface area (Å²) in [4.78, 5) is 24.5. The van der Waals surface area contributed by atoms with E-state index in [1.165, 1.54) is 12.2 Å². The van der Waals surface area contributed by atoms with E-state index >= 15 is 8.78 Å². The molecule has 3 unspecified atom stereocenters. The summed E-state index contributed by atoms with van der Waals surface area (Å²) >= 11 is 0. The molecule has 1 aliphatic heterocycles. The molecule has 168 valence electrons. The number of carbonyl (C=O) groups excluding carboxylic acids is 1. The highest BCUT2D eigenvalue weighted by molar-refractivity contribution is 5.68. The Bertz CT molecular complexity index is 785. The molecule has 2 fully saturated rings. The quantitative estimate of drug-likeness (QED) is 0.491. The lowest BCUT2D eigenvalue weighted by Gasteiger charge is -2.42. The third kappa shape index (κ3) is 4.82. The largest absolute Gasteiger partial charge is 0.444 e. The molecule has 0 bridgehead atoms. The summed E-state index contributed by atoms with van der Waals surface area (Å²) in [7, 11) is 0. The molecule has 3 rings (SSSR count). The molecule has 9 heteroatoms. The normalized spacial score (nSPS) is 31.6. The SMILES string of the molecule is CC1=CC([N+](=O)[O-])C(C)(OC2CC2)C=C1C1CCN(C(=O)OC(C)(C)C)CC1(F)F. The van der Waals surface area contributed by atoms with Gasteiger partial charge in [0.1, 0.15) is 5.60 Å². The monoisotopic (exact) mass is 428 g/mol. The van der Waals surface area contributed by atoms with Gasteiger partial charge in [0.15, 0.2) is 5.60 Å². The molecule has 0 spiro atoms. The number of hydrogen-bond acceptors (Lipinski definition) is 5. The first-order valence-corrected chi connectivity index (χ1v) is 10.3. The third-order valence-electron chi connectivity index (χ3n) is 5.69. The molecule has 30 heavy (non-hydrogen) atoms. The maximum Gasteiger partial charge on any atom is 0.410 e. The highest BCUT2D eigenvalue weighted by Crippen LogP contribution is 2.45. The van der Waals surface area contributed by atoms with E-state index in [1.54, 1.807) is 34.6 Å². The van der Waals surface area contributed by atoms with Gasteiger partial charge < -0.3 is 14.4 Å². The molecule has 0 aromatic rings. The Labute approximate surface area is 175 Å². The number of ether oxygens (including phenoxy) is 2. The molecule has 1 saturated carbocycles. The van der Waals surface area contributed by atoms with E-state index in [-0.39, 0.29) is 19.1 Å². The van der Waals surface area contributed by atoms with Crippen molar-refractivity contribution in [2.24, 2.45) is 5.92 Å². The zero-order valence-corrected chi connectivity index (χ0v) is 18.1. The summed E-state index contributed by atoms with van der Waals surface area (Å²) < 4.78 is 41.5. The van der Waals surface area contributed by atoms with E-state index in [9.17, 15) is 14.9 Å². The number of hydrogen-bond donors (Lipinski definition) is 0. The standard InChI is InChI=1S/C21H30F2N2O5/c1-13-10-17(25(27)28)20(5,29-14-6-7-14)11-15(13)16-8-9-24(12-21(16,22)23)18(26)30-19(2,3)4/h10-11,14,16-17H,6-9,12H2,1-5H3. The zero-order chi connectivity index (χ0) is 22.5.